The molecule has 0 saturated carbocycles. The van der Waals surface area contributed by atoms with Crippen LogP contribution in [0.2, 0.25) is 0 Å². The van der Waals surface area contributed by atoms with Crippen LogP contribution in [0.3, 0.4) is 0 Å². The van der Waals surface area contributed by atoms with Gasteiger partial charge in [-0.2, -0.15) is 0 Å². The lowest BCUT2D eigenvalue weighted by atomic mass is 10.3. The first-order valence-electron chi connectivity index (χ1n) is 5.11. The van der Waals surface area contributed by atoms with Crippen molar-refractivity contribution in [2.24, 2.45) is 10.9 Å². The van der Waals surface area contributed by atoms with Crippen molar-refractivity contribution >= 4 is 21.8 Å². The first-order chi connectivity index (χ1) is 8.13. The van der Waals surface area contributed by atoms with E-state index in [0.717, 1.165) is 10.2 Å². The molecule has 0 aromatic heterocycles. The lowest BCUT2D eigenvalue weighted by molar-refractivity contribution is 0.0778. The van der Waals surface area contributed by atoms with Crippen molar-refractivity contribution in [3.05, 3.63) is 28.7 Å². The molecule has 1 aromatic rings. The predicted octanol–water partition coefficient (Wildman–Crippen LogP) is 1.98. The summed E-state index contributed by atoms with van der Waals surface area (Å²) in [6.45, 7) is 2.47. The molecule has 0 bridgehead atoms. The highest BCUT2D eigenvalue weighted by Gasteiger charge is 2.07. The van der Waals surface area contributed by atoms with Crippen LogP contribution in [0, 0.1) is 0 Å². The smallest absolute Gasteiger partial charge is 0.168 e. The average molecular weight is 303 g/mol. The Bertz CT molecular complexity index is 385. The van der Waals surface area contributed by atoms with Crippen LogP contribution in [0.1, 0.15) is 6.92 Å². The normalized spacial score (nSPS) is 13.4. The van der Waals surface area contributed by atoms with Crippen LogP contribution in [0.5, 0.6) is 5.75 Å². The molecule has 0 heterocycles. The number of halogens is 1. The molecule has 6 heteroatoms. The van der Waals surface area contributed by atoms with Gasteiger partial charge in [0.1, 0.15) is 18.5 Å². The van der Waals surface area contributed by atoms with Gasteiger partial charge in [-0.1, -0.05) is 27.2 Å². The lowest BCUT2D eigenvalue weighted by Gasteiger charge is -2.12. The Labute approximate surface area is 108 Å². The number of nitrogens with zero attached hydrogens (tertiary/aromatic N) is 1. The third-order valence-electron chi connectivity index (χ3n) is 2.05. The van der Waals surface area contributed by atoms with Crippen LogP contribution in [0.15, 0.2) is 33.9 Å². The first-order valence-corrected chi connectivity index (χ1v) is 5.90. The number of hydrogen-bond acceptors (Lipinski definition) is 4. The number of hydrogen-bond donors (Lipinski definition) is 2. The van der Waals surface area contributed by atoms with Gasteiger partial charge < -0.3 is 20.4 Å². The first kappa shape index (κ1) is 13.8. The second-order valence-electron chi connectivity index (χ2n) is 3.34. The fraction of sp³-hybridized carbons (Fsp3) is 0.364. The Morgan fingerprint density at radius 2 is 2.29 bits per heavy atom. The fourth-order valence-corrected chi connectivity index (χ4v) is 1.49. The van der Waals surface area contributed by atoms with Crippen molar-refractivity contribution in [1.82, 2.24) is 0 Å². The lowest BCUT2D eigenvalue weighted by Crippen LogP contribution is -2.30. The molecule has 1 unspecified atom stereocenters. The zero-order chi connectivity index (χ0) is 12.7. The van der Waals surface area contributed by atoms with E-state index in [9.17, 15) is 0 Å². The van der Waals surface area contributed by atoms with E-state index in [4.69, 9.17) is 20.4 Å². The SMILES string of the molecule is CC(OCCOc1cccc(Br)c1)/C(N)=N/O. The van der Waals surface area contributed by atoms with Crippen molar-refractivity contribution in [3.8, 4) is 5.75 Å². The second kappa shape index (κ2) is 7.13. The molecule has 0 aliphatic heterocycles. The van der Waals surface area contributed by atoms with Crippen LogP contribution in [0.25, 0.3) is 0 Å². The number of nitrogens with two attached hydrogens (primary N) is 1. The van der Waals surface area contributed by atoms with Crippen molar-refractivity contribution in [2.45, 2.75) is 13.0 Å². The largest absolute Gasteiger partial charge is 0.491 e. The summed E-state index contributed by atoms with van der Waals surface area (Å²) in [5.74, 6) is 0.812. The summed E-state index contributed by atoms with van der Waals surface area (Å²) in [5, 5.41) is 11.3. The van der Waals surface area contributed by atoms with Crippen molar-refractivity contribution in [2.75, 3.05) is 13.2 Å². The van der Waals surface area contributed by atoms with E-state index >= 15 is 0 Å². The molecule has 94 valence electrons. The topological polar surface area (TPSA) is 77.1 Å². The number of amidine groups is 1. The maximum Gasteiger partial charge on any atom is 0.168 e. The highest BCUT2D eigenvalue weighted by Crippen LogP contribution is 2.17. The average Bonchev–Trinajstić information content (AvgIpc) is 2.33. The minimum atomic E-state index is -0.425. The summed E-state index contributed by atoms with van der Waals surface area (Å²) in [7, 11) is 0. The van der Waals surface area contributed by atoms with E-state index in [1.54, 1.807) is 6.92 Å². The van der Waals surface area contributed by atoms with Crippen molar-refractivity contribution < 1.29 is 14.7 Å². The predicted molar refractivity (Wildman–Crippen MR) is 68.5 cm³/mol. The van der Waals surface area contributed by atoms with Crippen LogP contribution < -0.4 is 10.5 Å². The molecule has 17 heavy (non-hydrogen) atoms. The molecule has 0 radical (unpaired) electrons. The van der Waals surface area contributed by atoms with Crippen LogP contribution in [-0.2, 0) is 4.74 Å². The van der Waals surface area contributed by atoms with Gasteiger partial charge in [-0.25, -0.2) is 0 Å². The van der Waals surface area contributed by atoms with Gasteiger partial charge in [0, 0.05) is 4.47 Å². The molecular formula is C11H15BrN2O3. The standard InChI is InChI=1S/C11H15BrN2O3/c1-8(11(13)14-15)16-5-6-17-10-4-2-3-9(12)7-10/h2-4,7-8,15H,5-6H2,1H3,(H2,13,14). The van der Waals surface area contributed by atoms with Crippen LogP contribution >= 0.6 is 15.9 Å². The summed E-state index contributed by atoms with van der Waals surface area (Å²) in [4.78, 5) is 0. The minimum Gasteiger partial charge on any atom is -0.491 e. The fourth-order valence-electron chi connectivity index (χ4n) is 1.11. The molecular weight excluding hydrogens is 288 g/mol. The summed E-state index contributed by atoms with van der Waals surface area (Å²) >= 11 is 3.35. The maximum atomic E-state index is 8.42. The van der Waals surface area contributed by atoms with E-state index in [-0.39, 0.29) is 5.84 Å². The van der Waals surface area contributed by atoms with E-state index in [2.05, 4.69) is 21.1 Å². The monoisotopic (exact) mass is 302 g/mol. The van der Waals surface area contributed by atoms with Crippen LogP contribution in [-0.4, -0.2) is 30.4 Å². The van der Waals surface area contributed by atoms with Gasteiger partial charge in [-0.3, -0.25) is 0 Å². The van der Waals surface area contributed by atoms with E-state index < -0.39 is 6.10 Å². The quantitative estimate of drug-likeness (QED) is 0.277. The Hall–Kier alpha value is -1.27. The molecule has 5 nitrogen and oxygen atoms in total. The Balaban J connectivity index is 2.25. The van der Waals surface area contributed by atoms with Crippen molar-refractivity contribution in [3.63, 3.8) is 0 Å². The summed E-state index contributed by atoms with van der Waals surface area (Å²) in [6.07, 6.45) is -0.425. The van der Waals surface area contributed by atoms with Crippen molar-refractivity contribution in [1.29, 1.82) is 0 Å². The van der Waals surface area contributed by atoms with Gasteiger partial charge in [0.2, 0.25) is 0 Å². The van der Waals surface area contributed by atoms with Gasteiger partial charge in [-0.15, -0.1) is 0 Å². The van der Waals surface area contributed by atoms with Crippen LogP contribution in [0.4, 0.5) is 0 Å². The molecule has 3 N–H and O–H groups in total. The van der Waals surface area contributed by atoms with E-state index in [1.807, 2.05) is 24.3 Å². The van der Waals surface area contributed by atoms with Gasteiger partial charge in [0.05, 0.1) is 6.61 Å². The number of oxime groups is 1. The summed E-state index contributed by atoms with van der Waals surface area (Å²) in [6, 6.07) is 7.54. The van der Waals surface area contributed by atoms with Gasteiger partial charge in [0.25, 0.3) is 0 Å². The zero-order valence-corrected chi connectivity index (χ0v) is 11.1. The Morgan fingerprint density at radius 1 is 1.53 bits per heavy atom. The third-order valence-corrected chi connectivity index (χ3v) is 2.54. The highest BCUT2D eigenvalue weighted by atomic mass is 79.9. The molecule has 0 saturated heterocycles. The molecule has 0 aliphatic carbocycles. The Morgan fingerprint density at radius 3 is 2.94 bits per heavy atom. The second-order valence-corrected chi connectivity index (χ2v) is 4.26. The zero-order valence-electron chi connectivity index (χ0n) is 9.47. The molecule has 0 spiro atoms. The minimum absolute atomic E-state index is 0.0486. The molecule has 0 aliphatic rings. The molecule has 1 aromatic carbocycles. The van der Waals surface area contributed by atoms with Gasteiger partial charge in [0.15, 0.2) is 5.84 Å². The molecule has 0 amide bonds. The Kier molecular flexibility index (Phi) is 5.79. The number of rotatable bonds is 6. The molecule has 1 atom stereocenters. The molecule has 1 rings (SSSR count). The molecule has 0 fully saturated rings. The van der Waals surface area contributed by atoms with Gasteiger partial charge in [-0.05, 0) is 25.1 Å². The maximum absolute atomic E-state index is 8.42. The third kappa shape index (κ3) is 5.06. The highest BCUT2D eigenvalue weighted by molar-refractivity contribution is 9.10. The number of benzene rings is 1. The number of ether oxygens (including phenoxy) is 2. The van der Waals surface area contributed by atoms with Gasteiger partial charge >= 0.3 is 0 Å². The summed E-state index contributed by atoms with van der Waals surface area (Å²) < 4.78 is 11.7. The van der Waals surface area contributed by atoms with E-state index in [0.29, 0.717) is 13.2 Å². The van der Waals surface area contributed by atoms with E-state index in [1.165, 1.54) is 0 Å². The summed E-state index contributed by atoms with van der Waals surface area (Å²) in [5.41, 5.74) is 5.36.